The molecule has 2 unspecified atom stereocenters. The molecule has 0 bridgehead atoms. The lowest BCUT2D eigenvalue weighted by Gasteiger charge is -2.21. The number of rotatable bonds is 10. The summed E-state index contributed by atoms with van der Waals surface area (Å²) in [5.74, 6) is -2.08. The number of carbonyl (C=O) groups is 2. The van der Waals surface area contributed by atoms with Crippen molar-refractivity contribution in [2.75, 3.05) is 11.8 Å². The normalized spacial score (nSPS) is 14.8. The Morgan fingerprint density at radius 3 is 2.35 bits per heavy atom. The average Bonchev–Trinajstić information content (AvgIpc) is 3.31. The summed E-state index contributed by atoms with van der Waals surface area (Å²) in [4.78, 5) is 32.1. The maximum absolute atomic E-state index is 13.4. The van der Waals surface area contributed by atoms with Crippen LogP contribution in [-0.2, 0) is 50.3 Å². The van der Waals surface area contributed by atoms with E-state index in [-0.39, 0.29) is 12.1 Å². The highest BCUT2D eigenvalue weighted by Gasteiger charge is 2.31. The van der Waals surface area contributed by atoms with Crippen LogP contribution < -0.4 is 10.0 Å². The van der Waals surface area contributed by atoms with Crippen molar-refractivity contribution in [2.45, 2.75) is 44.6 Å². The first-order chi connectivity index (χ1) is 17.7. The number of hydrogen-bond acceptors (Lipinski definition) is 7. The van der Waals surface area contributed by atoms with Gasteiger partial charge in [-0.05, 0) is 61.8 Å². The van der Waals surface area contributed by atoms with Gasteiger partial charge in [0.25, 0.3) is 0 Å². The number of anilines is 1. The summed E-state index contributed by atoms with van der Waals surface area (Å²) in [6.45, 7) is 0. The van der Waals surface area contributed by atoms with Crippen molar-refractivity contribution < 1.29 is 27.3 Å². The van der Waals surface area contributed by atoms with Gasteiger partial charge in [0.05, 0.1) is 24.5 Å². The Kier molecular flexibility index (Phi) is 8.57. The number of amides is 1. The van der Waals surface area contributed by atoms with Crippen molar-refractivity contribution in [3.05, 3.63) is 81.3 Å². The van der Waals surface area contributed by atoms with Crippen LogP contribution in [0.5, 0.6) is 0 Å². The van der Waals surface area contributed by atoms with E-state index in [9.17, 15) is 18.0 Å². The van der Waals surface area contributed by atoms with Crippen molar-refractivity contribution in [2.24, 2.45) is 5.92 Å². The lowest BCUT2D eigenvalue weighted by Crippen LogP contribution is -2.40. The number of thiazole rings is 1. The summed E-state index contributed by atoms with van der Waals surface area (Å²) in [5, 5.41) is 3.80. The molecule has 1 heterocycles. The first-order valence-electron chi connectivity index (χ1n) is 12.0. The number of ether oxygens (including phenoxy) is 1. The molecule has 0 aliphatic heterocycles. The minimum Gasteiger partial charge on any atom is -0.468 e. The third kappa shape index (κ3) is 7.37. The van der Waals surface area contributed by atoms with Crippen LogP contribution in [0.2, 0.25) is 0 Å². The summed E-state index contributed by atoms with van der Waals surface area (Å²) >= 11 is 1.58. The van der Waals surface area contributed by atoms with Gasteiger partial charge in [-0.25, -0.2) is 4.98 Å². The molecule has 0 saturated carbocycles. The van der Waals surface area contributed by atoms with Gasteiger partial charge in [-0.1, -0.05) is 42.5 Å². The molecule has 11 heteroatoms. The molecule has 0 fully saturated rings. The van der Waals surface area contributed by atoms with Gasteiger partial charge in [-0.2, -0.15) is 8.42 Å². The Morgan fingerprint density at radius 2 is 1.70 bits per heavy atom. The summed E-state index contributed by atoms with van der Waals surface area (Å²) in [6, 6.07) is 15.3. The molecule has 0 saturated heterocycles. The van der Waals surface area contributed by atoms with Gasteiger partial charge in [0.15, 0.2) is 0 Å². The standard InChI is InChI=1S/C26H29N3O6S2/c1-35-26(31)20(15-17-7-3-2-4-8-17)24(30)27-22(25-28-21-9-5-6-10-23(21)36-25)16-18-11-13-19(14-12-18)29-37(32,33)34/h2-4,7-8,11-14,20,22,29H,5-6,9-10,15-16H2,1H3,(H,27,30)(H,32,33,34). The fourth-order valence-electron chi connectivity index (χ4n) is 4.36. The van der Waals surface area contributed by atoms with E-state index in [2.05, 4.69) is 5.32 Å². The van der Waals surface area contributed by atoms with Crippen LogP contribution in [0.3, 0.4) is 0 Å². The van der Waals surface area contributed by atoms with Crippen molar-refractivity contribution in [1.29, 1.82) is 0 Å². The molecule has 37 heavy (non-hydrogen) atoms. The van der Waals surface area contributed by atoms with E-state index in [4.69, 9.17) is 14.3 Å². The van der Waals surface area contributed by atoms with Gasteiger partial charge >= 0.3 is 16.3 Å². The Morgan fingerprint density at radius 1 is 1.03 bits per heavy atom. The zero-order valence-corrected chi connectivity index (χ0v) is 22.0. The number of fused-ring (bicyclic) bond motifs is 1. The van der Waals surface area contributed by atoms with Crippen LogP contribution in [0, 0.1) is 5.92 Å². The van der Waals surface area contributed by atoms with Gasteiger partial charge in [-0.3, -0.25) is 18.9 Å². The SMILES string of the molecule is COC(=O)C(Cc1ccccc1)C(=O)NC(Cc1ccc(NS(=O)(=O)O)cc1)c1nc2c(s1)CCCC2. The van der Waals surface area contributed by atoms with Crippen LogP contribution in [0.4, 0.5) is 5.69 Å². The smallest absolute Gasteiger partial charge is 0.357 e. The number of aryl methyl sites for hydroxylation is 2. The number of hydrogen-bond donors (Lipinski definition) is 3. The quantitative estimate of drug-likeness (QED) is 0.202. The number of nitrogens with one attached hydrogen (secondary N) is 2. The van der Waals surface area contributed by atoms with Gasteiger partial charge < -0.3 is 10.1 Å². The molecule has 2 atom stereocenters. The summed E-state index contributed by atoms with van der Waals surface area (Å²) in [5.41, 5.74) is 2.94. The Labute approximate surface area is 220 Å². The van der Waals surface area contributed by atoms with Crippen molar-refractivity contribution in [3.8, 4) is 0 Å². The van der Waals surface area contributed by atoms with Crippen molar-refractivity contribution in [1.82, 2.24) is 10.3 Å². The predicted octanol–water partition coefficient (Wildman–Crippen LogP) is 3.67. The van der Waals surface area contributed by atoms with Crippen LogP contribution in [-0.4, -0.2) is 36.9 Å². The molecule has 1 aliphatic rings. The monoisotopic (exact) mass is 543 g/mol. The number of nitrogens with zero attached hydrogens (tertiary/aromatic N) is 1. The van der Waals surface area contributed by atoms with Crippen molar-refractivity contribution >= 4 is 39.2 Å². The second kappa shape index (κ2) is 11.8. The fourth-order valence-corrected chi connectivity index (χ4v) is 6.00. The summed E-state index contributed by atoms with van der Waals surface area (Å²) < 4.78 is 38.1. The minimum absolute atomic E-state index is 0.205. The summed E-state index contributed by atoms with van der Waals surface area (Å²) in [7, 11) is -3.11. The number of benzene rings is 2. The third-order valence-corrected chi connectivity index (χ3v) is 7.97. The topological polar surface area (TPSA) is 135 Å². The van der Waals surface area contributed by atoms with E-state index >= 15 is 0 Å². The maximum atomic E-state index is 13.4. The van der Waals surface area contributed by atoms with E-state index in [0.29, 0.717) is 6.42 Å². The number of carbonyl (C=O) groups excluding carboxylic acids is 2. The molecular formula is C26H29N3O6S2. The van der Waals surface area contributed by atoms with E-state index in [0.717, 1.165) is 47.5 Å². The molecule has 1 aliphatic carbocycles. The predicted molar refractivity (Wildman–Crippen MR) is 141 cm³/mol. The van der Waals surface area contributed by atoms with Crippen LogP contribution in [0.25, 0.3) is 0 Å². The largest absolute Gasteiger partial charge is 0.468 e. The van der Waals surface area contributed by atoms with Gasteiger partial charge in [0.1, 0.15) is 10.9 Å². The van der Waals surface area contributed by atoms with Crippen LogP contribution in [0.1, 0.15) is 45.6 Å². The number of methoxy groups -OCH3 is 1. The molecule has 0 radical (unpaired) electrons. The minimum atomic E-state index is -4.38. The Balaban J connectivity index is 1.58. The Hall–Kier alpha value is -3.28. The highest BCUT2D eigenvalue weighted by Crippen LogP contribution is 2.32. The molecule has 1 aromatic heterocycles. The van der Waals surface area contributed by atoms with E-state index < -0.39 is 34.1 Å². The molecule has 3 aromatic rings. The summed E-state index contributed by atoms with van der Waals surface area (Å²) in [6.07, 6.45) is 4.63. The lowest BCUT2D eigenvalue weighted by molar-refractivity contribution is -0.150. The lowest BCUT2D eigenvalue weighted by atomic mass is 9.97. The molecule has 0 spiro atoms. The van der Waals surface area contributed by atoms with Crippen LogP contribution >= 0.6 is 11.3 Å². The van der Waals surface area contributed by atoms with Crippen molar-refractivity contribution in [3.63, 3.8) is 0 Å². The average molecular weight is 544 g/mol. The first-order valence-corrected chi connectivity index (χ1v) is 14.2. The first kappa shape index (κ1) is 26.8. The highest BCUT2D eigenvalue weighted by atomic mass is 32.2. The van der Waals surface area contributed by atoms with Crippen LogP contribution in [0.15, 0.2) is 54.6 Å². The molecule has 3 N–H and O–H groups in total. The van der Waals surface area contributed by atoms with Gasteiger partial charge in [-0.15, -0.1) is 11.3 Å². The molecular weight excluding hydrogens is 514 g/mol. The molecule has 1 amide bonds. The number of aromatic nitrogens is 1. The second-order valence-corrected chi connectivity index (χ2v) is 11.2. The zero-order valence-electron chi connectivity index (χ0n) is 20.3. The van der Waals surface area contributed by atoms with Gasteiger partial charge in [0.2, 0.25) is 5.91 Å². The fraction of sp³-hybridized carbons (Fsp3) is 0.346. The zero-order chi connectivity index (χ0) is 26.4. The van der Waals surface area contributed by atoms with Gasteiger partial charge in [0, 0.05) is 4.88 Å². The highest BCUT2D eigenvalue weighted by molar-refractivity contribution is 7.87. The Bertz CT molecular complexity index is 1320. The molecule has 196 valence electrons. The molecule has 4 rings (SSSR count). The van der Waals surface area contributed by atoms with E-state index in [1.807, 2.05) is 35.1 Å². The van der Waals surface area contributed by atoms with E-state index in [1.54, 1.807) is 23.5 Å². The maximum Gasteiger partial charge on any atom is 0.357 e. The van der Waals surface area contributed by atoms with E-state index in [1.165, 1.54) is 24.1 Å². The number of esters is 1. The second-order valence-electron chi connectivity index (χ2n) is 8.93. The molecule has 9 nitrogen and oxygen atoms in total. The third-order valence-electron chi connectivity index (χ3n) is 6.20. The molecule has 2 aromatic carbocycles.